The molecule has 0 radical (unpaired) electrons. The number of methoxy groups -OCH3 is 1. The van der Waals surface area contributed by atoms with Gasteiger partial charge in [-0.05, 0) is 53.8 Å². The number of hydrogen-bond donors (Lipinski definition) is 1. The van der Waals surface area contributed by atoms with E-state index in [1.807, 2.05) is 37.3 Å². The Morgan fingerprint density at radius 1 is 1.10 bits per heavy atom. The Morgan fingerprint density at radius 2 is 1.83 bits per heavy atom. The number of benzene rings is 2. The molecule has 1 N–H and O–H groups in total. The lowest BCUT2D eigenvalue weighted by molar-refractivity contribution is -0.123. The maximum atomic E-state index is 12.1. The minimum Gasteiger partial charge on any atom is -0.493 e. The lowest BCUT2D eigenvalue weighted by Gasteiger charge is -2.23. The molecule has 0 bridgehead atoms. The minimum absolute atomic E-state index is 0.111. The molecular formula is C23H29BrN2O4. The van der Waals surface area contributed by atoms with Crippen molar-refractivity contribution in [3.05, 3.63) is 52.0 Å². The largest absolute Gasteiger partial charge is 0.493 e. The topological polar surface area (TPSA) is 69.2 Å². The van der Waals surface area contributed by atoms with Crippen molar-refractivity contribution in [2.24, 2.45) is 5.10 Å². The van der Waals surface area contributed by atoms with E-state index in [1.165, 1.54) is 0 Å². The van der Waals surface area contributed by atoms with Crippen LogP contribution in [0.25, 0.3) is 0 Å². The van der Waals surface area contributed by atoms with E-state index in [4.69, 9.17) is 14.2 Å². The summed E-state index contributed by atoms with van der Waals surface area (Å²) in [6.45, 7) is 8.82. The zero-order valence-corrected chi connectivity index (χ0v) is 19.7. The van der Waals surface area contributed by atoms with Crippen molar-refractivity contribution in [1.29, 1.82) is 0 Å². The highest BCUT2D eigenvalue weighted by Crippen LogP contribution is 2.33. The van der Waals surface area contributed by atoms with E-state index < -0.39 is 0 Å². The van der Waals surface area contributed by atoms with Gasteiger partial charge in [0.05, 0.1) is 19.9 Å². The molecule has 0 heterocycles. The normalized spacial score (nSPS) is 11.4. The molecule has 0 unspecified atom stereocenters. The van der Waals surface area contributed by atoms with Gasteiger partial charge >= 0.3 is 0 Å². The van der Waals surface area contributed by atoms with Crippen LogP contribution in [0.2, 0.25) is 0 Å². The number of nitrogens with zero attached hydrogens (tertiary/aromatic N) is 1. The van der Waals surface area contributed by atoms with Crippen LogP contribution < -0.4 is 19.6 Å². The second-order valence-corrected chi connectivity index (χ2v) is 8.65. The Kier molecular flexibility index (Phi) is 8.72. The highest BCUT2D eigenvalue weighted by molar-refractivity contribution is 9.10. The van der Waals surface area contributed by atoms with Crippen molar-refractivity contribution in [2.45, 2.75) is 39.5 Å². The summed E-state index contributed by atoms with van der Waals surface area (Å²) in [5, 5.41) is 4.00. The molecule has 30 heavy (non-hydrogen) atoms. The van der Waals surface area contributed by atoms with Crippen LogP contribution in [0.5, 0.6) is 17.2 Å². The zero-order chi connectivity index (χ0) is 22.1. The van der Waals surface area contributed by atoms with E-state index in [2.05, 4.69) is 47.2 Å². The molecule has 0 aromatic heterocycles. The summed E-state index contributed by atoms with van der Waals surface area (Å²) in [6.07, 6.45) is 2.46. The number of nitrogens with one attached hydrogen (secondary N) is 1. The van der Waals surface area contributed by atoms with E-state index in [-0.39, 0.29) is 17.9 Å². The van der Waals surface area contributed by atoms with E-state index in [9.17, 15) is 4.79 Å². The summed E-state index contributed by atoms with van der Waals surface area (Å²) in [5.74, 6) is 1.63. The maximum absolute atomic E-state index is 12.1. The number of carbonyl (C=O) groups is 1. The molecule has 162 valence electrons. The second-order valence-electron chi connectivity index (χ2n) is 7.73. The Balaban J connectivity index is 1.95. The number of hydrogen-bond acceptors (Lipinski definition) is 5. The predicted octanol–water partition coefficient (Wildman–Crippen LogP) is 5.07. The van der Waals surface area contributed by atoms with Gasteiger partial charge in [0.25, 0.3) is 5.91 Å². The van der Waals surface area contributed by atoms with E-state index in [1.54, 1.807) is 19.4 Å². The van der Waals surface area contributed by atoms with Gasteiger partial charge in [-0.25, -0.2) is 5.43 Å². The summed E-state index contributed by atoms with van der Waals surface area (Å²) in [5.41, 5.74) is 4.17. The maximum Gasteiger partial charge on any atom is 0.277 e. The molecule has 1 amide bonds. The van der Waals surface area contributed by atoms with Gasteiger partial charge in [-0.3, -0.25) is 4.79 Å². The fourth-order valence-corrected chi connectivity index (χ4v) is 3.03. The van der Waals surface area contributed by atoms with Gasteiger partial charge < -0.3 is 14.2 Å². The SMILES string of the molecule is CCCOc1ccc(/C=N/NC(=O)COc2ccc(Br)cc2C(C)(C)C)cc1OC. The van der Waals surface area contributed by atoms with E-state index in [0.717, 1.165) is 22.0 Å². The van der Waals surface area contributed by atoms with Crippen LogP contribution in [0.1, 0.15) is 45.2 Å². The molecule has 0 saturated heterocycles. The number of amides is 1. The number of carbonyl (C=O) groups excluding carboxylic acids is 1. The van der Waals surface area contributed by atoms with Crippen LogP contribution in [-0.4, -0.2) is 32.4 Å². The molecule has 0 aliphatic rings. The third-order valence-electron chi connectivity index (χ3n) is 4.16. The summed E-state index contributed by atoms with van der Waals surface area (Å²) in [6, 6.07) is 11.2. The van der Waals surface area contributed by atoms with Crippen LogP contribution in [-0.2, 0) is 10.2 Å². The lowest BCUT2D eigenvalue weighted by atomic mass is 9.86. The van der Waals surface area contributed by atoms with Crippen molar-refractivity contribution in [3.8, 4) is 17.2 Å². The van der Waals surface area contributed by atoms with Crippen LogP contribution in [0.15, 0.2) is 46.0 Å². The molecule has 2 aromatic rings. The van der Waals surface area contributed by atoms with Crippen LogP contribution in [0.3, 0.4) is 0 Å². The lowest BCUT2D eigenvalue weighted by Crippen LogP contribution is -2.25. The molecule has 0 atom stereocenters. The highest BCUT2D eigenvalue weighted by atomic mass is 79.9. The second kappa shape index (κ2) is 11.0. The van der Waals surface area contributed by atoms with Gasteiger partial charge in [0, 0.05) is 10.0 Å². The average molecular weight is 477 g/mol. The van der Waals surface area contributed by atoms with Gasteiger partial charge in [0.1, 0.15) is 5.75 Å². The first-order valence-electron chi connectivity index (χ1n) is 9.80. The molecule has 2 aromatic carbocycles. The van der Waals surface area contributed by atoms with Crippen LogP contribution in [0, 0.1) is 0 Å². The monoisotopic (exact) mass is 476 g/mol. The number of rotatable bonds is 9. The highest BCUT2D eigenvalue weighted by Gasteiger charge is 2.20. The van der Waals surface area contributed by atoms with Gasteiger partial charge in [-0.15, -0.1) is 0 Å². The summed E-state index contributed by atoms with van der Waals surface area (Å²) in [7, 11) is 1.59. The van der Waals surface area contributed by atoms with E-state index in [0.29, 0.717) is 23.9 Å². The summed E-state index contributed by atoms with van der Waals surface area (Å²) < 4.78 is 17.7. The van der Waals surface area contributed by atoms with Crippen molar-refractivity contribution in [2.75, 3.05) is 20.3 Å². The first-order chi connectivity index (χ1) is 14.2. The third kappa shape index (κ3) is 7.06. The Morgan fingerprint density at radius 3 is 2.50 bits per heavy atom. The van der Waals surface area contributed by atoms with Gasteiger partial charge in [-0.2, -0.15) is 5.10 Å². The van der Waals surface area contributed by atoms with Gasteiger partial charge in [0.2, 0.25) is 0 Å². The third-order valence-corrected chi connectivity index (χ3v) is 4.65. The molecule has 0 spiro atoms. The fraction of sp³-hybridized carbons (Fsp3) is 0.391. The first-order valence-corrected chi connectivity index (χ1v) is 10.6. The number of halogens is 1. The van der Waals surface area contributed by atoms with Crippen molar-refractivity contribution in [1.82, 2.24) is 5.43 Å². The summed E-state index contributed by atoms with van der Waals surface area (Å²) >= 11 is 3.48. The fourth-order valence-electron chi connectivity index (χ4n) is 2.66. The predicted molar refractivity (Wildman–Crippen MR) is 123 cm³/mol. The van der Waals surface area contributed by atoms with Gasteiger partial charge in [0.15, 0.2) is 18.1 Å². The molecule has 0 aliphatic carbocycles. The molecule has 6 nitrogen and oxygen atoms in total. The Labute approximate surface area is 186 Å². The van der Waals surface area contributed by atoms with Crippen molar-refractivity contribution >= 4 is 28.1 Å². The van der Waals surface area contributed by atoms with Gasteiger partial charge in [-0.1, -0.05) is 43.6 Å². The van der Waals surface area contributed by atoms with Crippen molar-refractivity contribution in [3.63, 3.8) is 0 Å². The standard InChI is InChI=1S/C23H29BrN2O4/c1-6-11-29-20-9-7-16(12-21(20)28-5)14-25-26-22(27)15-30-19-10-8-17(24)13-18(19)23(2,3)4/h7-10,12-14H,6,11,15H2,1-5H3,(H,26,27)/b25-14+. The molecule has 7 heteroatoms. The Hall–Kier alpha value is -2.54. The van der Waals surface area contributed by atoms with Crippen LogP contribution in [0.4, 0.5) is 0 Å². The van der Waals surface area contributed by atoms with Crippen LogP contribution >= 0.6 is 15.9 Å². The minimum atomic E-state index is -0.344. The van der Waals surface area contributed by atoms with E-state index >= 15 is 0 Å². The molecule has 0 aliphatic heterocycles. The summed E-state index contributed by atoms with van der Waals surface area (Å²) in [4.78, 5) is 12.1. The number of hydrazone groups is 1. The van der Waals surface area contributed by atoms with Crippen molar-refractivity contribution < 1.29 is 19.0 Å². The molecule has 0 saturated carbocycles. The zero-order valence-electron chi connectivity index (χ0n) is 18.1. The molecule has 0 fully saturated rings. The molecular weight excluding hydrogens is 448 g/mol. The smallest absolute Gasteiger partial charge is 0.277 e. The number of ether oxygens (including phenoxy) is 3. The quantitative estimate of drug-likeness (QED) is 0.404. The first kappa shape index (κ1) is 23.7. The molecule has 2 rings (SSSR count). The Bertz CT molecular complexity index is 891. The average Bonchev–Trinajstić information content (AvgIpc) is 2.71.